The van der Waals surface area contributed by atoms with Crippen molar-refractivity contribution in [1.29, 1.82) is 0 Å². The van der Waals surface area contributed by atoms with E-state index < -0.39 is 31.2 Å². The second-order valence-electron chi connectivity index (χ2n) is 6.08. The molecule has 0 aliphatic carbocycles. The summed E-state index contributed by atoms with van der Waals surface area (Å²) in [5.74, 6) is 0. The second-order valence-corrected chi connectivity index (χ2v) is 9.87. The van der Waals surface area contributed by atoms with Crippen molar-refractivity contribution in [3.05, 3.63) is 0 Å². The first kappa shape index (κ1) is 70.8. The number of aliphatic hydroxyl groups is 3. The van der Waals surface area contributed by atoms with Gasteiger partial charge in [-0.05, 0) is 19.9 Å². The standard InChI is InChI=1S/C4H11BN.2C3H9BNO.C2H7BNO.C2H6O4S.2CH4O4S.3CH4/c1-3-5-4-6-2;2*1-5-2-4-3-6;4-1-3-2-5;1-5-7(3,4)6-2;2*1-5-6(2,3)4;;;/h6H,3-4H2,1-2H3;2*5-6H,2-3H2,1H3;5H,1-2,4H2;1-2H3;2*1H3,(H,2,3,4);3*1H4. The zero-order chi connectivity index (χ0) is 34.9. The highest BCUT2D eigenvalue weighted by molar-refractivity contribution is 7.81. The summed E-state index contributed by atoms with van der Waals surface area (Å²) in [7, 11) is 4.46. The Kier molecular flexibility index (Phi) is 92.9. The first-order valence-corrected chi connectivity index (χ1v) is 15.8. The monoisotopic (exact) mass is 726 g/mol. The third kappa shape index (κ3) is 148. The molecule has 278 valence electrons. The van der Waals surface area contributed by atoms with Crippen LogP contribution < -0.4 is 21.7 Å². The van der Waals surface area contributed by atoms with E-state index in [1.165, 1.54) is 6.32 Å². The van der Waals surface area contributed by atoms with E-state index in [0.29, 0.717) is 6.44 Å². The van der Waals surface area contributed by atoms with E-state index in [9.17, 15) is 34.4 Å². The van der Waals surface area contributed by atoms with Crippen molar-refractivity contribution in [2.24, 2.45) is 5.73 Å². The van der Waals surface area contributed by atoms with E-state index in [1.807, 2.05) is 31.8 Å². The lowest BCUT2D eigenvalue weighted by atomic mass is 9.76. The molecule has 0 aromatic rings. The summed E-state index contributed by atoms with van der Waals surface area (Å²) in [6.07, 6.45) is 4.50. The van der Waals surface area contributed by atoms with Gasteiger partial charge < -0.3 is 46.1 Å². The van der Waals surface area contributed by atoms with Gasteiger partial charge in [-0.25, -0.2) is 16.8 Å². The van der Waals surface area contributed by atoms with Gasteiger partial charge in [-0.15, -0.1) is 0 Å². The van der Waals surface area contributed by atoms with Crippen LogP contribution in [0.1, 0.15) is 29.2 Å². The maximum absolute atomic E-state index is 9.92. The minimum Gasteiger partial charge on any atom is -0.726 e. The molecule has 0 rings (SSSR count). The number of quaternary nitrogens is 2. The largest absolute Gasteiger partial charge is 0.726 e. The SMILES string of the molecule is C.C.C.CC[B]CNC.COS(=O)(=O)OC.COS(=O)(=O)[O-].COS(=O)(=O)[O-].C[NH2+]C[B]CO.C[NH2+]C[B]CO.NC[B]CO. The fraction of sp³-hybridized carbons (Fsp3) is 1.00. The predicted octanol–water partition coefficient (Wildman–Crippen LogP) is -5.94. The zero-order valence-corrected chi connectivity index (χ0v) is 28.1. The van der Waals surface area contributed by atoms with Crippen LogP contribution in [0.5, 0.6) is 0 Å². The summed E-state index contributed by atoms with van der Waals surface area (Å²) in [5, 5.41) is 31.2. The Bertz CT molecular complexity index is 702. The van der Waals surface area contributed by atoms with Crippen LogP contribution in [0, 0.1) is 0 Å². The molecule has 45 heavy (non-hydrogen) atoms. The van der Waals surface area contributed by atoms with Crippen LogP contribution in [-0.2, 0) is 47.9 Å². The summed E-state index contributed by atoms with van der Waals surface area (Å²) in [6, 6.07) is 0. The number of rotatable bonds is 15. The molecule has 0 atom stereocenters. The van der Waals surface area contributed by atoms with E-state index in [4.69, 9.17) is 21.1 Å². The molecule has 19 nitrogen and oxygen atoms in total. The lowest BCUT2D eigenvalue weighted by Crippen LogP contribution is -2.81. The molecule has 0 aliphatic rings. The maximum atomic E-state index is 9.92. The number of hydrogen-bond acceptors (Lipinski definition) is 17. The van der Waals surface area contributed by atoms with Crippen molar-refractivity contribution in [3.8, 4) is 0 Å². The van der Waals surface area contributed by atoms with E-state index in [-0.39, 0.29) is 41.8 Å². The van der Waals surface area contributed by atoms with Crippen LogP contribution in [0.25, 0.3) is 0 Å². The highest BCUT2D eigenvalue weighted by atomic mass is 32.3. The molecule has 0 aliphatic heterocycles. The molecule has 0 unspecified atom stereocenters. The molecule has 10 N–H and O–H groups in total. The highest BCUT2D eigenvalue weighted by Gasteiger charge is 2.01. The zero-order valence-electron chi connectivity index (χ0n) is 25.7. The van der Waals surface area contributed by atoms with E-state index in [1.54, 1.807) is 21.8 Å². The van der Waals surface area contributed by atoms with Crippen LogP contribution in [0.15, 0.2) is 0 Å². The summed E-state index contributed by atoms with van der Waals surface area (Å²) in [5.41, 5.74) is 4.92. The smallest absolute Gasteiger partial charge is 0.399 e. The van der Waals surface area contributed by atoms with E-state index >= 15 is 0 Å². The lowest BCUT2D eigenvalue weighted by molar-refractivity contribution is -0.610. The maximum Gasteiger partial charge on any atom is 0.399 e. The molecular weight excluding hydrogens is 664 g/mol. The Morgan fingerprint density at radius 3 is 1.02 bits per heavy atom. The summed E-state index contributed by atoms with van der Waals surface area (Å²) >= 11 is 0. The van der Waals surface area contributed by atoms with Gasteiger partial charge >= 0.3 is 10.4 Å². The molecule has 0 heterocycles. The van der Waals surface area contributed by atoms with Crippen molar-refractivity contribution >= 4 is 60.3 Å². The fourth-order valence-electron chi connectivity index (χ4n) is 0.914. The summed E-state index contributed by atoms with van der Waals surface area (Å²) in [4.78, 5) is 0. The summed E-state index contributed by atoms with van der Waals surface area (Å²) in [6.45, 7) is 2.63. The Labute approximate surface area is 278 Å². The van der Waals surface area contributed by atoms with Gasteiger partial charge in [0.05, 0.1) is 42.5 Å². The molecule has 0 aromatic carbocycles. The minimum atomic E-state index is -4.41. The molecule has 0 saturated heterocycles. The molecule has 0 spiro atoms. The van der Waals surface area contributed by atoms with Gasteiger partial charge in [-0.2, -0.15) is 8.42 Å². The van der Waals surface area contributed by atoms with Crippen molar-refractivity contribution in [3.63, 3.8) is 0 Å². The predicted molar refractivity (Wildman–Crippen MR) is 180 cm³/mol. The van der Waals surface area contributed by atoms with Crippen molar-refractivity contribution in [1.82, 2.24) is 5.32 Å². The molecule has 0 amide bonds. The second kappa shape index (κ2) is 59.1. The van der Waals surface area contributed by atoms with Gasteiger partial charge in [0.15, 0.2) is 7.28 Å². The molecule has 0 aromatic heterocycles. The normalized spacial score (nSPS) is 9.11. The highest BCUT2D eigenvalue weighted by Crippen LogP contribution is 1.85. The lowest BCUT2D eigenvalue weighted by Gasteiger charge is -1.98. The van der Waals surface area contributed by atoms with E-state index in [0.717, 1.165) is 47.8 Å². The van der Waals surface area contributed by atoms with Crippen LogP contribution >= 0.6 is 0 Å². The van der Waals surface area contributed by atoms with Gasteiger partial charge in [0.2, 0.25) is 35.4 Å². The molecule has 0 saturated carbocycles. The summed E-state index contributed by atoms with van der Waals surface area (Å²) < 4.78 is 89.6. The van der Waals surface area contributed by atoms with Crippen LogP contribution in [0.3, 0.4) is 0 Å². The van der Waals surface area contributed by atoms with Crippen molar-refractivity contribution < 1.29 is 77.0 Å². The number of nitrogens with one attached hydrogen (secondary N) is 1. The van der Waals surface area contributed by atoms with Gasteiger partial charge in [0, 0.05) is 32.4 Å². The minimum absolute atomic E-state index is 0. The molecule has 26 heteroatoms. The van der Waals surface area contributed by atoms with Gasteiger partial charge in [0.25, 0.3) is 0 Å². The van der Waals surface area contributed by atoms with Crippen molar-refractivity contribution in [2.45, 2.75) is 35.5 Å². The quantitative estimate of drug-likeness (QED) is 0.0358. The van der Waals surface area contributed by atoms with Crippen LogP contribution in [0.4, 0.5) is 0 Å². The Morgan fingerprint density at radius 2 is 0.978 bits per heavy atom. The Morgan fingerprint density at radius 1 is 0.689 bits per heavy atom. The fourth-order valence-corrected chi connectivity index (χ4v) is 1.05. The van der Waals surface area contributed by atoms with Crippen LogP contribution in [0.2, 0.25) is 6.32 Å². The number of nitrogens with two attached hydrogens (primary N) is 3. The third-order valence-electron chi connectivity index (χ3n) is 2.81. The first-order valence-electron chi connectivity index (χ1n) is 11.8. The van der Waals surface area contributed by atoms with Gasteiger partial charge in [-0.3, -0.25) is 16.7 Å². The van der Waals surface area contributed by atoms with Gasteiger partial charge in [-0.1, -0.05) is 35.5 Å². The first-order chi connectivity index (χ1) is 19.4. The molecule has 0 fully saturated rings. The van der Waals surface area contributed by atoms with Gasteiger partial charge in [0.1, 0.15) is 7.28 Å². The van der Waals surface area contributed by atoms with Crippen LogP contribution in [-0.4, -0.2) is 174 Å². The Hall–Kier alpha value is -0.410. The Balaban J connectivity index is -0.0000000393. The average Bonchev–Trinajstić information content (AvgIpc) is 2.95. The average molecular weight is 726 g/mol. The number of aliphatic hydroxyl groups excluding tert-OH is 3. The van der Waals surface area contributed by atoms with E-state index in [2.05, 4.69) is 36.3 Å². The molecule has 4 radical (unpaired) electrons. The number of hydrogen-bond donors (Lipinski definition) is 7. The van der Waals surface area contributed by atoms with Crippen molar-refractivity contribution in [2.75, 3.05) is 94.9 Å². The molecular formula is C19H62B4N4O15S3. The third-order valence-corrected chi connectivity index (χ3v) is 4.45. The topological polar surface area (TPSA) is 317 Å². The molecule has 0 bridgehead atoms.